The summed E-state index contributed by atoms with van der Waals surface area (Å²) in [6.45, 7) is 1.71. The van der Waals surface area contributed by atoms with Crippen LogP contribution in [0.5, 0.6) is 5.75 Å². The molecule has 0 aliphatic carbocycles. The number of nitro groups is 1. The molecule has 2 rings (SSSR count). The first kappa shape index (κ1) is 11.3. The molecule has 0 unspecified atom stereocenters. The van der Waals surface area contributed by atoms with Crippen molar-refractivity contribution in [1.29, 1.82) is 0 Å². The molecule has 6 nitrogen and oxygen atoms in total. The van der Waals surface area contributed by atoms with Gasteiger partial charge in [0.1, 0.15) is 0 Å². The van der Waals surface area contributed by atoms with Gasteiger partial charge in [0.05, 0.1) is 16.2 Å². The van der Waals surface area contributed by atoms with Crippen LogP contribution >= 0.6 is 11.3 Å². The van der Waals surface area contributed by atoms with E-state index in [9.17, 15) is 15.2 Å². The number of aromatic hydroxyl groups is 1. The number of nitrogen functional groups attached to an aromatic ring is 1. The predicted octanol–water partition coefficient (Wildman–Crippen LogP) is 2.31. The van der Waals surface area contributed by atoms with Gasteiger partial charge in [0.2, 0.25) is 5.75 Å². The van der Waals surface area contributed by atoms with Crippen LogP contribution in [0, 0.1) is 17.0 Å². The fourth-order valence-electron chi connectivity index (χ4n) is 1.51. The number of phenols is 1. The molecule has 7 heteroatoms. The molecule has 1 aromatic carbocycles. The molecule has 0 spiro atoms. The average Bonchev–Trinajstić information content (AvgIpc) is 2.67. The first-order valence-electron chi connectivity index (χ1n) is 4.68. The molecule has 0 bridgehead atoms. The fraction of sp³-hybridized carbons (Fsp3) is 0.100. The van der Waals surface area contributed by atoms with E-state index in [4.69, 9.17) is 5.73 Å². The smallest absolute Gasteiger partial charge is 0.311 e. The summed E-state index contributed by atoms with van der Waals surface area (Å²) < 4.78 is 0. The molecule has 0 amide bonds. The minimum atomic E-state index is -0.623. The van der Waals surface area contributed by atoms with E-state index in [2.05, 4.69) is 4.98 Å². The maximum absolute atomic E-state index is 10.8. The number of thiazole rings is 1. The Bertz CT molecular complexity index is 594. The molecule has 0 fully saturated rings. The van der Waals surface area contributed by atoms with E-state index in [1.807, 2.05) is 0 Å². The SMILES string of the molecule is Cc1cc(-c2csc(N)n2)c(O)c([N+](=O)[O-])c1. The standard InChI is InChI=1S/C10H9N3O3S/c1-5-2-6(7-4-17-10(11)12-7)9(14)8(3-5)13(15)16/h2-4,14H,1H3,(H2,11,12). The fourth-order valence-corrected chi connectivity index (χ4v) is 2.07. The Hall–Kier alpha value is -2.15. The van der Waals surface area contributed by atoms with Gasteiger partial charge in [0.25, 0.3) is 0 Å². The number of nitro benzene ring substituents is 1. The lowest BCUT2D eigenvalue weighted by atomic mass is 10.1. The summed E-state index contributed by atoms with van der Waals surface area (Å²) in [6, 6.07) is 2.95. The van der Waals surface area contributed by atoms with Gasteiger partial charge in [-0.2, -0.15) is 0 Å². The summed E-state index contributed by atoms with van der Waals surface area (Å²) in [5, 5.41) is 22.6. The van der Waals surface area contributed by atoms with Crippen molar-refractivity contribution in [2.24, 2.45) is 0 Å². The number of phenolic OH excluding ortho intramolecular Hbond substituents is 1. The van der Waals surface area contributed by atoms with E-state index in [0.29, 0.717) is 22.0 Å². The normalized spacial score (nSPS) is 10.4. The Morgan fingerprint density at radius 3 is 2.76 bits per heavy atom. The molecule has 0 saturated heterocycles. The van der Waals surface area contributed by atoms with Crippen LogP contribution in [0.1, 0.15) is 5.56 Å². The van der Waals surface area contributed by atoms with Gasteiger partial charge in [-0.05, 0) is 18.6 Å². The number of nitrogens with two attached hydrogens (primary N) is 1. The Kier molecular flexibility index (Phi) is 2.68. The van der Waals surface area contributed by atoms with Crippen LogP contribution < -0.4 is 5.73 Å². The van der Waals surface area contributed by atoms with Gasteiger partial charge in [0, 0.05) is 11.4 Å². The lowest BCUT2D eigenvalue weighted by Gasteiger charge is -2.04. The maximum atomic E-state index is 10.8. The Labute approximate surface area is 101 Å². The third-order valence-corrected chi connectivity index (χ3v) is 2.90. The third-order valence-electron chi connectivity index (χ3n) is 2.23. The second-order valence-corrected chi connectivity index (χ2v) is 4.40. The van der Waals surface area contributed by atoms with Crippen LogP contribution in [0.2, 0.25) is 0 Å². The predicted molar refractivity (Wildman–Crippen MR) is 65.0 cm³/mol. The molecule has 88 valence electrons. The molecule has 0 radical (unpaired) electrons. The largest absolute Gasteiger partial charge is 0.502 e. The van der Waals surface area contributed by atoms with E-state index in [1.165, 1.54) is 17.4 Å². The van der Waals surface area contributed by atoms with E-state index >= 15 is 0 Å². The number of benzene rings is 1. The van der Waals surface area contributed by atoms with Gasteiger partial charge >= 0.3 is 5.69 Å². The van der Waals surface area contributed by atoms with Crippen molar-refractivity contribution >= 4 is 22.2 Å². The highest BCUT2D eigenvalue weighted by Crippen LogP contribution is 2.38. The second kappa shape index (κ2) is 4.02. The molecule has 0 aliphatic heterocycles. The topological polar surface area (TPSA) is 102 Å². The average molecular weight is 251 g/mol. The minimum absolute atomic E-state index is 0.324. The molecular weight excluding hydrogens is 242 g/mol. The third kappa shape index (κ3) is 2.04. The monoisotopic (exact) mass is 251 g/mol. The molecule has 2 aromatic rings. The Balaban J connectivity index is 2.66. The molecule has 0 aliphatic rings. The molecular formula is C10H9N3O3S. The highest BCUT2D eigenvalue weighted by atomic mass is 32.1. The molecule has 1 aromatic heterocycles. The van der Waals surface area contributed by atoms with Crippen molar-refractivity contribution in [3.8, 4) is 17.0 Å². The highest BCUT2D eigenvalue weighted by molar-refractivity contribution is 7.13. The van der Waals surface area contributed by atoms with Crippen molar-refractivity contribution in [3.63, 3.8) is 0 Å². The van der Waals surface area contributed by atoms with Gasteiger partial charge in [-0.15, -0.1) is 11.3 Å². The van der Waals surface area contributed by atoms with Crippen LogP contribution in [0.4, 0.5) is 10.8 Å². The van der Waals surface area contributed by atoms with Crippen molar-refractivity contribution < 1.29 is 10.0 Å². The van der Waals surface area contributed by atoms with Crippen LogP contribution in [0.3, 0.4) is 0 Å². The van der Waals surface area contributed by atoms with E-state index in [-0.39, 0.29) is 11.4 Å². The zero-order valence-electron chi connectivity index (χ0n) is 8.88. The summed E-state index contributed by atoms with van der Waals surface area (Å²) in [5.41, 5.74) is 6.61. The molecule has 0 saturated carbocycles. The van der Waals surface area contributed by atoms with Gasteiger partial charge in [-0.1, -0.05) is 0 Å². The molecule has 0 atom stereocenters. The second-order valence-electron chi connectivity index (χ2n) is 3.51. The van der Waals surface area contributed by atoms with E-state index < -0.39 is 4.92 Å². The van der Waals surface area contributed by atoms with Crippen LogP contribution in [-0.4, -0.2) is 15.0 Å². The number of nitrogens with zero attached hydrogens (tertiary/aromatic N) is 2. The van der Waals surface area contributed by atoms with Crippen molar-refractivity contribution in [1.82, 2.24) is 4.98 Å². The number of aryl methyl sites for hydroxylation is 1. The van der Waals surface area contributed by atoms with Gasteiger partial charge in [-0.3, -0.25) is 10.1 Å². The van der Waals surface area contributed by atoms with Gasteiger partial charge < -0.3 is 10.8 Å². The summed E-state index contributed by atoms with van der Waals surface area (Å²) >= 11 is 1.21. The number of anilines is 1. The zero-order chi connectivity index (χ0) is 12.6. The molecule has 3 N–H and O–H groups in total. The quantitative estimate of drug-likeness (QED) is 0.629. The van der Waals surface area contributed by atoms with E-state index in [1.54, 1.807) is 18.4 Å². The van der Waals surface area contributed by atoms with Crippen molar-refractivity contribution in [2.75, 3.05) is 5.73 Å². The highest BCUT2D eigenvalue weighted by Gasteiger charge is 2.20. The minimum Gasteiger partial charge on any atom is -0.502 e. The first-order valence-corrected chi connectivity index (χ1v) is 5.56. The Morgan fingerprint density at radius 2 is 2.24 bits per heavy atom. The van der Waals surface area contributed by atoms with Crippen molar-refractivity contribution in [3.05, 3.63) is 33.2 Å². The van der Waals surface area contributed by atoms with Crippen LogP contribution in [0.15, 0.2) is 17.5 Å². The summed E-state index contributed by atoms with van der Waals surface area (Å²) in [5.74, 6) is -0.383. The molecule has 1 heterocycles. The van der Waals surface area contributed by atoms with Crippen molar-refractivity contribution in [2.45, 2.75) is 6.92 Å². The number of hydrogen-bond donors (Lipinski definition) is 2. The lowest BCUT2D eigenvalue weighted by Crippen LogP contribution is -1.92. The summed E-state index contributed by atoms with van der Waals surface area (Å²) in [7, 11) is 0. The van der Waals surface area contributed by atoms with E-state index in [0.717, 1.165) is 0 Å². The lowest BCUT2D eigenvalue weighted by molar-refractivity contribution is -0.385. The Morgan fingerprint density at radius 1 is 1.53 bits per heavy atom. The van der Waals surface area contributed by atoms with Gasteiger partial charge in [-0.25, -0.2) is 4.98 Å². The van der Waals surface area contributed by atoms with Crippen LogP contribution in [-0.2, 0) is 0 Å². The number of hydrogen-bond acceptors (Lipinski definition) is 6. The zero-order valence-corrected chi connectivity index (χ0v) is 9.69. The number of aromatic nitrogens is 1. The van der Waals surface area contributed by atoms with Gasteiger partial charge in [0.15, 0.2) is 5.13 Å². The summed E-state index contributed by atoms with van der Waals surface area (Å²) in [6.07, 6.45) is 0. The summed E-state index contributed by atoms with van der Waals surface area (Å²) in [4.78, 5) is 14.1. The first-order chi connectivity index (χ1) is 7.99. The maximum Gasteiger partial charge on any atom is 0.311 e. The molecule has 17 heavy (non-hydrogen) atoms. The van der Waals surface area contributed by atoms with Crippen LogP contribution in [0.25, 0.3) is 11.3 Å². The number of rotatable bonds is 2.